The molecule has 1 heterocycles. The van der Waals surface area contributed by atoms with Crippen molar-refractivity contribution in [2.45, 2.75) is 32.4 Å². The Morgan fingerprint density at radius 2 is 1.92 bits per heavy atom. The largest absolute Gasteiger partial charge is 0.508 e. The van der Waals surface area contributed by atoms with Crippen LogP contribution in [0.5, 0.6) is 11.5 Å². The lowest BCUT2D eigenvalue weighted by atomic mass is 10.0. The van der Waals surface area contributed by atoms with E-state index in [0.29, 0.717) is 33.9 Å². The number of aliphatic hydroxyl groups is 1. The Labute approximate surface area is 214 Å². The van der Waals surface area contributed by atoms with Gasteiger partial charge < -0.3 is 25.3 Å². The summed E-state index contributed by atoms with van der Waals surface area (Å²) in [6, 6.07) is 17.1. The van der Waals surface area contributed by atoms with Crippen LogP contribution in [0.4, 0.5) is 0 Å². The van der Waals surface area contributed by atoms with Crippen LogP contribution >= 0.6 is 11.6 Å². The number of phenols is 1. The highest BCUT2D eigenvalue weighted by Crippen LogP contribution is 2.24. The highest BCUT2D eigenvalue weighted by Gasteiger charge is 2.19. The van der Waals surface area contributed by atoms with E-state index in [4.69, 9.17) is 16.3 Å². The van der Waals surface area contributed by atoms with Crippen LogP contribution < -0.4 is 10.1 Å². The number of hydrogen-bond acceptors (Lipinski definition) is 4. The minimum Gasteiger partial charge on any atom is -0.508 e. The number of aromatic nitrogens is 1. The summed E-state index contributed by atoms with van der Waals surface area (Å²) in [6.07, 6.45) is 2.23. The molecule has 0 spiro atoms. The number of ether oxygens (including phenoxy) is 1. The first-order valence-corrected chi connectivity index (χ1v) is 12.0. The van der Waals surface area contributed by atoms with Gasteiger partial charge in [0.2, 0.25) is 0 Å². The Morgan fingerprint density at radius 1 is 1.11 bits per heavy atom. The number of halogens is 1. The van der Waals surface area contributed by atoms with Crippen molar-refractivity contribution in [3.05, 3.63) is 94.1 Å². The van der Waals surface area contributed by atoms with Gasteiger partial charge in [0, 0.05) is 28.2 Å². The molecular formula is C29H27ClN2O4. The van der Waals surface area contributed by atoms with E-state index in [1.807, 2.05) is 44.3 Å². The summed E-state index contributed by atoms with van der Waals surface area (Å²) < 4.78 is 5.87. The number of H-pyrrole nitrogens is 1. The van der Waals surface area contributed by atoms with E-state index in [0.717, 1.165) is 16.5 Å². The zero-order valence-corrected chi connectivity index (χ0v) is 20.8. The molecule has 0 saturated heterocycles. The van der Waals surface area contributed by atoms with E-state index >= 15 is 0 Å². The van der Waals surface area contributed by atoms with Crippen LogP contribution in [0.25, 0.3) is 10.9 Å². The summed E-state index contributed by atoms with van der Waals surface area (Å²) >= 11 is 6.16. The highest BCUT2D eigenvalue weighted by atomic mass is 35.5. The molecule has 0 radical (unpaired) electrons. The van der Waals surface area contributed by atoms with E-state index in [9.17, 15) is 15.0 Å². The molecule has 7 heteroatoms. The second kappa shape index (κ2) is 11.2. The van der Waals surface area contributed by atoms with E-state index in [-0.39, 0.29) is 24.4 Å². The van der Waals surface area contributed by atoms with Crippen LogP contribution in [0.2, 0.25) is 5.02 Å². The van der Waals surface area contributed by atoms with Gasteiger partial charge in [0.05, 0.1) is 29.3 Å². The maximum atomic E-state index is 13.3. The molecule has 0 unspecified atom stereocenters. The summed E-state index contributed by atoms with van der Waals surface area (Å²) in [4.78, 5) is 16.5. The van der Waals surface area contributed by atoms with Gasteiger partial charge in [0.15, 0.2) is 0 Å². The number of fused-ring (bicyclic) bond motifs is 1. The van der Waals surface area contributed by atoms with Crippen molar-refractivity contribution in [3.8, 4) is 23.3 Å². The number of amides is 1. The normalized spacial score (nSPS) is 11.7. The van der Waals surface area contributed by atoms with Gasteiger partial charge in [0.1, 0.15) is 11.5 Å². The van der Waals surface area contributed by atoms with Crippen LogP contribution in [-0.4, -0.2) is 39.9 Å². The van der Waals surface area contributed by atoms with Crippen LogP contribution in [0.3, 0.4) is 0 Å². The number of carbonyl (C=O) groups excluding carboxylic acids is 1. The molecule has 0 aliphatic heterocycles. The van der Waals surface area contributed by atoms with Gasteiger partial charge in [-0.05, 0) is 68.3 Å². The number of para-hydroxylation sites is 1. The molecule has 4 aromatic rings. The molecule has 3 aromatic carbocycles. The lowest BCUT2D eigenvalue weighted by molar-refractivity contribution is 0.0910. The quantitative estimate of drug-likeness (QED) is 0.266. The fraction of sp³-hybridized carbons (Fsp3) is 0.207. The molecule has 0 aliphatic carbocycles. The van der Waals surface area contributed by atoms with Crippen molar-refractivity contribution >= 4 is 28.4 Å². The molecule has 4 N–H and O–H groups in total. The third-order valence-corrected chi connectivity index (χ3v) is 5.89. The minimum absolute atomic E-state index is 0.0609. The van der Waals surface area contributed by atoms with Gasteiger partial charge >= 0.3 is 0 Å². The average Bonchev–Trinajstić information content (AvgIpc) is 3.26. The van der Waals surface area contributed by atoms with Gasteiger partial charge in [-0.25, -0.2) is 0 Å². The number of carbonyl (C=O) groups is 1. The number of rotatable bonds is 7. The average molecular weight is 503 g/mol. The number of aliphatic hydroxyl groups excluding tert-OH is 1. The molecule has 0 saturated carbocycles. The summed E-state index contributed by atoms with van der Waals surface area (Å²) in [5.74, 6) is 6.11. The van der Waals surface area contributed by atoms with Gasteiger partial charge in [-0.2, -0.15) is 0 Å². The summed E-state index contributed by atoms with van der Waals surface area (Å²) in [5.41, 5.74) is 3.49. The molecular weight excluding hydrogens is 476 g/mol. The predicted molar refractivity (Wildman–Crippen MR) is 142 cm³/mol. The Hall–Kier alpha value is -3.92. The van der Waals surface area contributed by atoms with Crippen molar-refractivity contribution in [3.63, 3.8) is 0 Å². The monoisotopic (exact) mass is 502 g/mol. The van der Waals surface area contributed by atoms with Crippen LogP contribution in [0.15, 0.2) is 66.9 Å². The third-order valence-electron chi connectivity index (χ3n) is 5.58. The Bertz CT molecular complexity index is 1450. The van der Waals surface area contributed by atoms with Crippen molar-refractivity contribution in [1.29, 1.82) is 0 Å². The summed E-state index contributed by atoms with van der Waals surface area (Å²) in [7, 11) is 0. The first-order valence-electron chi connectivity index (χ1n) is 11.6. The predicted octanol–water partition coefficient (Wildman–Crippen LogP) is 5.05. The second-order valence-electron chi connectivity index (χ2n) is 8.71. The molecule has 0 bridgehead atoms. The lowest BCUT2D eigenvalue weighted by Gasteiger charge is -2.19. The molecule has 6 nitrogen and oxygen atoms in total. The zero-order chi connectivity index (χ0) is 25.7. The number of aromatic amines is 1. The topological polar surface area (TPSA) is 94.6 Å². The van der Waals surface area contributed by atoms with Crippen molar-refractivity contribution in [2.24, 2.45) is 0 Å². The van der Waals surface area contributed by atoms with Crippen molar-refractivity contribution in [2.75, 3.05) is 6.61 Å². The Kier molecular flexibility index (Phi) is 7.84. The fourth-order valence-corrected chi connectivity index (χ4v) is 4.10. The Balaban J connectivity index is 1.59. The summed E-state index contributed by atoms with van der Waals surface area (Å²) in [5, 5.41) is 23.9. The van der Waals surface area contributed by atoms with Crippen LogP contribution in [0.1, 0.15) is 40.9 Å². The van der Waals surface area contributed by atoms with E-state index in [1.54, 1.807) is 24.3 Å². The minimum atomic E-state index is -0.492. The van der Waals surface area contributed by atoms with Gasteiger partial charge in [0.25, 0.3) is 5.91 Å². The smallest absolute Gasteiger partial charge is 0.255 e. The number of aromatic hydroxyl groups is 1. The highest BCUT2D eigenvalue weighted by molar-refractivity contribution is 6.31. The standard InChI is InChI=1S/C29H27ClN2O4/c1-18(2)36-28-12-8-19(7-9-20-10-11-23(34)15-26(20)30)13-25(28)29(35)32-22(17-33)14-21-16-31-27-6-4-3-5-24(21)27/h3-6,8,10-13,15-16,18,22,31,33-34H,14,17H2,1-2H3,(H,32,35)/t22-/m1/s1. The molecule has 0 fully saturated rings. The van der Waals surface area contributed by atoms with Crippen LogP contribution in [0, 0.1) is 11.8 Å². The maximum Gasteiger partial charge on any atom is 0.255 e. The van der Waals surface area contributed by atoms with Crippen LogP contribution in [-0.2, 0) is 6.42 Å². The van der Waals surface area contributed by atoms with Crippen molar-refractivity contribution < 1.29 is 19.7 Å². The number of benzene rings is 3. The van der Waals surface area contributed by atoms with E-state index < -0.39 is 6.04 Å². The molecule has 1 aromatic heterocycles. The van der Waals surface area contributed by atoms with Gasteiger partial charge in [-0.1, -0.05) is 41.6 Å². The first kappa shape index (κ1) is 25.2. The Morgan fingerprint density at radius 3 is 2.67 bits per heavy atom. The molecule has 0 aliphatic rings. The number of hydrogen-bond donors (Lipinski definition) is 4. The van der Waals surface area contributed by atoms with Gasteiger partial charge in [-0.3, -0.25) is 4.79 Å². The number of phenolic OH excluding ortho intramolecular Hbond substituents is 1. The molecule has 36 heavy (non-hydrogen) atoms. The van der Waals surface area contributed by atoms with E-state index in [1.165, 1.54) is 12.1 Å². The third kappa shape index (κ3) is 6.01. The SMILES string of the molecule is CC(C)Oc1ccc(C#Cc2ccc(O)cc2Cl)cc1C(=O)N[C@@H](CO)Cc1c[nH]c2ccccc12. The maximum absolute atomic E-state index is 13.3. The van der Waals surface area contributed by atoms with E-state index in [2.05, 4.69) is 22.1 Å². The van der Waals surface area contributed by atoms with Gasteiger partial charge in [-0.15, -0.1) is 0 Å². The zero-order valence-electron chi connectivity index (χ0n) is 20.0. The first-order chi connectivity index (χ1) is 17.3. The number of nitrogens with one attached hydrogen (secondary N) is 2. The molecule has 1 amide bonds. The molecule has 1 atom stereocenters. The molecule has 4 rings (SSSR count). The summed E-state index contributed by atoms with van der Waals surface area (Å²) in [6.45, 7) is 3.55. The second-order valence-corrected chi connectivity index (χ2v) is 9.12. The molecule has 184 valence electrons. The fourth-order valence-electron chi connectivity index (χ4n) is 3.88. The van der Waals surface area contributed by atoms with Crippen molar-refractivity contribution in [1.82, 2.24) is 10.3 Å². The lowest BCUT2D eigenvalue weighted by Crippen LogP contribution is -2.39.